The molecule has 0 unspecified atom stereocenters. The number of aromatic nitrogens is 1. The maximum Gasteiger partial charge on any atom is 0.317 e. The molecule has 1 aromatic heterocycles. The van der Waals surface area contributed by atoms with Gasteiger partial charge in [0.25, 0.3) is 0 Å². The Morgan fingerprint density at radius 2 is 2.33 bits per heavy atom. The Morgan fingerprint density at radius 3 is 2.89 bits per heavy atom. The van der Waals surface area contributed by atoms with Crippen molar-refractivity contribution in [1.82, 2.24) is 15.4 Å². The first-order chi connectivity index (χ1) is 8.69. The molecule has 1 fully saturated rings. The van der Waals surface area contributed by atoms with Crippen LogP contribution in [0, 0.1) is 12.8 Å². The van der Waals surface area contributed by atoms with Crippen LogP contribution in [0.3, 0.4) is 0 Å². The Balaban J connectivity index is 1.75. The third kappa shape index (κ3) is 3.22. The monoisotopic (exact) mass is 253 g/mol. The SMILES string of the molecule is Cc1cc(CNC(=O)N2CCC(CO)CC2)on1. The standard InChI is InChI=1S/C12H19N3O3/c1-9-6-11(18-14-9)7-13-12(17)15-4-2-10(8-16)3-5-15/h6,10,16H,2-5,7-8H2,1H3,(H,13,17). The predicted molar refractivity (Wildman–Crippen MR) is 64.9 cm³/mol. The van der Waals surface area contributed by atoms with Gasteiger partial charge in [-0.2, -0.15) is 0 Å². The van der Waals surface area contributed by atoms with Crippen molar-refractivity contribution in [3.63, 3.8) is 0 Å². The van der Waals surface area contributed by atoms with Crippen LogP contribution in [0.25, 0.3) is 0 Å². The highest BCUT2D eigenvalue weighted by Gasteiger charge is 2.22. The number of carbonyl (C=O) groups is 1. The molecule has 2 heterocycles. The number of aliphatic hydroxyl groups excluding tert-OH is 1. The van der Waals surface area contributed by atoms with Gasteiger partial charge in [0.15, 0.2) is 5.76 Å². The minimum atomic E-state index is -0.0829. The molecular weight excluding hydrogens is 234 g/mol. The number of likely N-dealkylation sites (tertiary alicyclic amines) is 1. The molecule has 0 saturated carbocycles. The van der Waals surface area contributed by atoms with Crippen molar-refractivity contribution >= 4 is 6.03 Å². The molecule has 0 aliphatic carbocycles. The molecule has 100 valence electrons. The Kier molecular flexibility index (Phi) is 4.19. The van der Waals surface area contributed by atoms with Crippen LogP contribution in [-0.4, -0.2) is 40.9 Å². The average molecular weight is 253 g/mol. The normalized spacial score (nSPS) is 16.9. The summed E-state index contributed by atoms with van der Waals surface area (Å²) >= 11 is 0. The maximum atomic E-state index is 11.9. The Morgan fingerprint density at radius 1 is 1.61 bits per heavy atom. The summed E-state index contributed by atoms with van der Waals surface area (Å²) in [6.45, 7) is 3.82. The second-order valence-corrected chi connectivity index (χ2v) is 4.71. The van der Waals surface area contributed by atoms with Gasteiger partial charge in [0.1, 0.15) is 0 Å². The highest BCUT2D eigenvalue weighted by Crippen LogP contribution is 2.16. The van der Waals surface area contributed by atoms with Crippen molar-refractivity contribution in [2.75, 3.05) is 19.7 Å². The summed E-state index contributed by atoms with van der Waals surface area (Å²) in [6.07, 6.45) is 1.73. The van der Waals surface area contributed by atoms with E-state index in [1.807, 2.05) is 6.92 Å². The van der Waals surface area contributed by atoms with E-state index in [-0.39, 0.29) is 12.6 Å². The molecule has 0 aromatic carbocycles. The number of aryl methyl sites for hydroxylation is 1. The maximum absolute atomic E-state index is 11.9. The van der Waals surface area contributed by atoms with Gasteiger partial charge in [-0.1, -0.05) is 5.16 Å². The van der Waals surface area contributed by atoms with Gasteiger partial charge in [-0.05, 0) is 25.7 Å². The number of urea groups is 1. The van der Waals surface area contributed by atoms with E-state index in [4.69, 9.17) is 9.63 Å². The van der Waals surface area contributed by atoms with Crippen molar-refractivity contribution in [1.29, 1.82) is 0 Å². The zero-order valence-corrected chi connectivity index (χ0v) is 10.6. The van der Waals surface area contributed by atoms with E-state index in [2.05, 4.69) is 10.5 Å². The smallest absolute Gasteiger partial charge is 0.317 e. The lowest BCUT2D eigenvalue weighted by atomic mass is 9.98. The molecule has 1 aliphatic rings. The Bertz CT molecular complexity index is 397. The first-order valence-corrected chi connectivity index (χ1v) is 6.25. The Hall–Kier alpha value is -1.56. The number of rotatable bonds is 3. The number of carbonyl (C=O) groups excluding carboxylic acids is 1. The number of nitrogens with one attached hydrogen (secondary N) is 1. The van der Waals surface area contributed by atoms with E-state index in [1.165, 1.54) is 0 Å². The zero-order valence-electron chi connectivity index (χ0n) is 10.6. The van der Waals surface area contributed by atoms with Gasteiger partial charge in [-0.3, -0.25) is 0 Å². The summed E-state index contributed by atoms with van der Waals surface area (Å²) < 4.78 is 5.02. The van der Waals surface area contributed by atoms with E-state index in [1.54, 1.807) is 11.0 Å². The summed E-state index contributed by atoms with van der Waals surface area (Å²) in [5.41, 5.74) is 0.808. The summed E-state index contributed by atoms with van der Waals surface area (Å²) in [5.74, 6) is 0.997. The van der Waals surface area contributed by atoms with Crippen LogP contribution in [0.4, 0.5) is 4.79 Å². The lowest BCUT2D eigenvalue weighted by Crippen LogP contribution is -2.44. The predicted octanol–water partition coefficient (Wildman–Crippen LogP) is 0.897. The van der Waals surface area contributed by atoms with Crippen LogP contribution in [0.1, 0.15) is 24.3 Å². The highest BCUT2D eigenvalue weighted by atomic mass is 16.5. The molecule has 0 radical (unpaired) electrons. The topological polar surface area (TPSA) is 78.6 Å². The number of aliphatic hydroxyl groups is 1. The van der Waals surface area contributed by atoms with Gasteiger partial charge in [0, 0.05) is 25.8 Å². The summed E-state index contributed by atoms with van der Waals surface area (Å²) in [4.78, 5) is 13.6. The van der Waals surface area contributed by atoms with Crippen LogP contribution in [-0.2, 0) is 6.54 Å². The van der Waals surface area contributed by atoms with E-state index in [0.717, 1.165) is 18.5 Å². The third-order valence-electron chi connectivity index (χ3n) is 3.25. The lowest BCUT2D eigenvalue weighted by molar-refractivity contribution is 0.136. The number of piperidine rings is 1. The first-order valence-electron chi connectivity index (χ1n) is 6.25. The second kappa shape index (κ2) is 5.86. The molecule has 0 atom stereocenters. The van der Waals surface area contributed by atoms with Crippen molar-refractivity contribution in [3.8, 4) is 0 Å². The molecule has 1 aliphatic heterocycles. The fraction of sp³-hybridized carbons (Fsp3) is 0.667. The van der Waals surface area contributed by atoms with Crippen LogP contribution < -0.4 is 5.32 Å². The molecule has 1 saturated heterocycles. The molecule has 18 heavy (non-hydrogen) atoms. The summed E-state index contributed by atoms with van der Waals surface area (Å²) in [6, 6.07) is 1.72. The van der Waals surface area contributed by atoms with E-state index in [9.17, 15) is 4.79 Å². The fourth-order valence-electron chi connectivity index (χ4n) is 2.09. The third-order valence-corrected chi connectivity index (χ3v) is 3.25. The average Bonchev–Trinajstić information content (AvgIpc) is 2.82. The molecule has 6 heteroatoms. The number of hydrogen-bond donors (Lipinski definition) is 2. The fourth-order valence-corrected chi connectivity index (χ4v) is 2.09. The van der Waals surface area contributed by atoms with E-state index >= 15 is 0 Å². The van der Waals surface area contributed by atoms with Gasteiger partial charge in [0.05, 0.1) is 12.2 Å². The van der Waals surface area contributed by atoms with Crippen LogP contribution in [0.5, 0.6) is 0 Å². The van der Waals surface area contributed by atoms with E-state index in [0.29, 0.717) is 31.3 Å². The second-order valence-electron chi connectivity index (χ2n) is 4.71. The molecule has 2 rings (SSSR count). The molecule has 0 bridgehead atoms. The van der Waals surface area contributed by atoms with E-state index < -0.39 is 0 Å². The van der Waals surface area contributed by atoms with Crippen LogP contribution in [0.2, 0.25) is 0 Å². The molecule has 6 nitrogen and oxygen atoms in total. The number of amides is 2. The minimum absolute atomic E-state index is 0.0829. The van der Waals surface area contributed by atoms with Gasteiger partial charge in [0.2, 0.25) is 0 Å². The Labute approximate surface area is 106 Å². The first kappa shape index (κ1) is 12.9. The van der Waals surface area contributed by atoms with Gasteiger partial charge in [-0.25, -0.2) is 4.79 Å². The quantitative estimate of drug-likeness (QED) is 0.838. The number of hydrogen-bond acceptors (Lipinski definition) is 4. The molecule has 2 amide bonds. The molecule has 0 spiro atoms. The zero-order chi connectivity index (χ0) is 13.0. The summed E-state index contributed by atoms with van der Waals surface area (Å²) in [7, 11) is 0. The molecule has 2 N–H and O–H groups in total. The van der Waals surface area contributed by atoms with Crippen molar-refractivity contribution in [2.24, 2.45) is 5.92 Å². The summed E-state index contributed by atoms with van der Waals surface area (Å²) in [5, 5.41) is 15.6. The molecule has 1 aromatic rings. The van der Waals surface area contributed by atoms with Gasteiger partial charge in [-0.15, -0.1) is 0 Å². The largest absolute Gasteiger partial charge is 0.396 e. The number of nitrogens with zero attached hydrogens (tertiary/aromatic N) is 2. The van der Waals surface area contributed by atoms with Crippen molar-refractivity contribution in [3.05, 3.63) is 17.5 Å². The highest BCUT2D eigenvalue weighted by molar-refractivity contribution is 5.74. The molecular formula is C12H19N3O3. The van der Waals surface area contributed by atoms with Gasteiger partial charge < -0.3 is 19.8 Å². The van der Waals surface area contributed by atoms with Crippen LogP contribution >= 0.6 is 0 Å². The van der Waals surface area contributed by atoms with Crippen molar-refractivity contribution in [2.45, 2.75) is 26.3 Å². The lowest BCUT2D eigenvalue weighted by Gasteiger charge is -2.30. The van der Waals surface area contributed by atoms with Crippen molar-refractivity contribution < 1.29 is 14.4 Å². The minimum Gasteiger partial charge on any atom is -0.396 e. The van der Waals surface area contributed by atoms with Crippen LogP contribution in [0.15, 0.2) is 10.6 Å². The van der Waals surface area contributed by atoms with Gasteiger partial charge >= 0.3 is 6.03 Å².